The molecule has 3 N–H and O–H groups in total. The Hall–Kier alpha value is -4.13. The SMILES string of the molecule is CCOC(=O)C(Cc1ccc(-c2ccccc2)cc1)OCC(CC(F)n1cnc2c(N)nc(Cl)nc21)OC.O=CO. The second-order valence-electron chi connectivity index (χ2n) is 8.68. The minimum atomic E-state index is -1.56. The van der Waals surface area contributed by atoms with E-state index in [1.54, 1.807) is 6.92 Å². The zero-order chi connectivity index (χ0) is 29.8. The van der Waals surface area contributed by atoms with Gasteiger partial charge in [-0.25, -0.2) is 14.2 Å². The number of methoxy groups -OCH3 is 1. The van der Waals surface area contributed by atoms with E-state index in [2.05, 4.69) is 15.0 Å². The lowest BCUT2D eigenvalue weighted by Gasteiger charge is -2.22. The Morgan fingerprint density at radius 3 is 2.44 bits per heavy atom. The third-order valence-corrected chi connectivity index (χ3v) is 6.20. The summed E-state index contributed by atoms with van der Waals surface area (Å²) in [7, 11) is 1.45. The van der Waals surface area contributed by atoms with Gasteiger partial charge in [0, 0.05) is 20.0 Å². The predicted molar refractivity (Wildman–Crippen MR) is 151 cm³/mol. The number of imidazole rings is 1. The molecule has 4 rings (SSSR count). The zero-order valence-corrected chi connectivity index (χ0v) is 23.3. The number of anilines is 1. The molecule has 0 amide bonds. The van der Waals surface area contributed by atoms with Gasteiger partial charge < -0.3 is 25.1 Å². The van der Waals surface area contributed by atoms with Crippen LogP contribution in [0.3, 0.4) is 0 Å². The first-order chi connectivity index (χ1) is 19.8. The van der Waals surface area contributed by atoms with E-state index in [4.69, 9.17) is 41.4 Å². The third kappa shape index (κ3) is 8.68. The molecule has 13 heteroatoms. The number of hydrogen-bond acceptors (Lipinski definition) is 9. The number of hydrogen-bond donors (Lipinski definition) is 2. The number of ether oxygens (including phenoxy) is 3. The summed E-state index contributed by atoms with van der Waals surface area (Å²) in [4.78, 5) is 33.0. The van der Waals surface area contributed by atoms with Crippen molar-refractivity contribution in [1.29, 1.82) is 0 Å². The number of fused-ring (bicyclic) bond motifs is 1. The van der Waals surface area contributed by atoms with Crippen LogP contribution in [-0.2, 0) is 30.2 Å². The van der Waals surface area contributed by atoms with Crippen LogP contribution >= 0.6 is 11.6 Å². The Bertz CT molecular complexity index is 1410. The Balaban J connectivity index is 0.00000147. The van der Waals surface area contributed by atoms with Gasteiger partial charge in [-0.05, 0) is 35.2 Å². The number of alkyl halides is 1. The predicted octanol–water partition coefficient (Wildman–Crippen LogP) is 4.49. The average Bonchev–Trinajstić information content (AvgIpc) is 3.40. The van der Waals surface area contributed by atoms with Gasteiger partial charge in [0.25, 0.3) is 6.47 Å². The van der Waals surface area contributed by atoms with Gasteiger partial charge in [-0.1, -0.05) is 54.6 Å². The van der Waals surface area contributed by atoms with Gasteiger partial charge in [0.1, 0.15) is 5.52 Å². The Kier molecular flexibility index (Phi) is 11.9. The molecule has 4 aromatic rings. The van der Waals surface area contributed by atoms with Gasteiger partial charge in [0.15, 0.2) is 23.9 Å². The van der Waals surface area contributed by atoms with Gasteiger partial charge in [-0.3, -0.25) is 9.36 Å². The highest BCUT2D eigenvalue weighted by molar-refractivity contribution is 6.28. The maximum Gasteiger partial charge on any atom is 0.335 e. The third-order valence-electron chi connectivity index (χ3n) is 6.03. The van der Waals surface area contributed by atoms with Gasteiger partial charge in [0.2, 0.25) is 5.28 Å². The van der Waals surface area contributed by atoms with Crippen LogP contribution in [0.15, 0.2) is 60.9 Å². The second-order valence-corrected chi connectivity index (χ2v) is 9.01. The summed E-state index contributed by atoms with van der Waals surface area (Å²) in [5.41, 5.74) is 9.31. The fourth-order valence-electron chi connectivity index (χ4n) is 4.03. The minimum absolute atomic E-state index is 0.0347. The normalized spacial score (nSPS) is 13.1. The number of rotatable bonds is 12. The summed E-state index contributed by atoms with van der Waals surface area (Å²) in [6.07, 6.45) is -1.63. The molecule has 2 aromatic heterocycles. The fraction of sp³-hybridized carbons (Fsp3) is 0.321. The molecule has 0 radical (unpaired) electrons. The van der Waals surface area contributed by atoms with Crippen molar-refractivity contribution in [2.75, 3.05) is 26.1 Å². The molecule has 0 saturated carbocycles. The van der Waals surface area contributed by atoms with Crippen molar-refractivity contribution in [2.45, 2.75) is 38.3 Å². The molecule has 0 aliphatic rings. The maximum absolute atomic E-state index is 15.3. The van der Waals surface area contributed by atoms with E-state index < -0.39 is 24.5 Å². The summed E-state index contributed by atoms with van der Waals surface area (Å²) in [5.74, 6) is -0.430. The highest BCUT2D eigenvalue weighted by Crippen LogP contribution is 2.26. The number of nitrogen functional groups attached to an aromatic ring is 1. The molecule has 0 bridgehead atoms. The Labute approximate surface area is 241 Å². The number of carbonyl (C=O) groups excluding carboxylic acids is 1. The molecule has 3 atom stereocenters. The van der Waals surface area contributed by atoms with Crippen LogP contribution in [0.25, 0.3) is 22.3 Å². The lowest BCUT2D eigenvalue weighted by atomic mass is 10.0. The van der Waals surface area contributed by atoms with Crippen LogP contribution in [-0.4, -0.2) is 69.6 Å². The van der Waals surface area contributed by atoms with E-state index in [0.717, 1.165) is 16.7 Å². The van der Waals surface area contributed by atoms with Crippen LogP contribution < -0.4 is 5.73 Å². The lowest BCUT2D eigenvalue weighted by Crippen LogP contribution is -2.33. The van der Waals surface area contributed by atoms with E-state index in [1.807, 2.05) is 54.6 Å². The molecule has 218 valence electrons. The standard InChI is InChI=1S/C27H29ClFN5O4.CH2O2/c1-3-37-26(35)21(13-17-9-11-19(12-10-17)18-7-5-4-6-8-18)38-15-20(36-2)14-22(29)34-16-31-23-24(30)32-27(28)33-25(23)34;2-1-3/h4-12,16,20-22H,3,13-15H2,1-2H3,(H2,30,32,33);1H,(H,2,3). The summed E-state index contributed by atoms with van der Waals surface area (Å²) < 4.78 is 33.1. The molecule has 11 nitrogen and oxygen atoms in total. The molecule has 41 heavy (non-hydrogen) atoms. The van der Waals surface area contributed by atoms with Crippen molar-refractivity contribution in [3.05, 3.63) is 71.8 Å². The van der Waals surface area contributed by atoms with Crippen LogP contribution in [0, 0.1) is 0 Å². The molecule has 2 aromatic carbocycles. The largest absolute Gasteiger partial charge is 0.483 e. The van der Waals surface area contributed by atoms with Crippen LogP contribution in [0.4, 0.5) is 10.2 Å². The molecule has 0 spiro atoms. The number of aromatic nitrogens is 4. The molecular weight excluding hydrogens is 557 g/mol. The topological polar surface area (TPSA) is 152 Å². The van der Waals surface area contributed by atoms with Crippen molar-refractivity contribution >= 4 is 41.0 Å². The van der Waals surface area contributed by atoms with Crippen molar-refractivity contribution in [2.24, 2.45) is 0 Å². The van der Waals surface area contributed by atoms with E-state index in [9.17, 15) is 4.79 Å². The quantitative estimate of drug-likeness (QED) is 0.138. The Morgan fingerprint density at radius 2 is 1.80 bits per heavy atom. The van der Waals surface area contributed by atoms with Gasteiger partial charge >= 0.3 is 5.97 Å². The van der Waals surface area contributed by atoms with Crippen LogP contribution in [0.1, 0.15) is 25.2 Å². The number of carboxylic acid groups (broad SMARTS) is 1. The molecule has 0 aliphatic carbocycles. The molecule has 0 saturated heterocycles. The number of nitrogens with two attached hydrogens (primary N) is 1. The highest BCUT2D eigenvalue weighted by atomic mass is 35.5. The number of nitrogens with zero attached hydrogens (tertiary/aromatic N) is 4. The van der Waals surface area contributed by atoms with Crippen molar-refractivity contribution in [3.8, 4) is 11.1 Å². The molecule has 3 unspecified atom stereocenters. The fourth-order valence-corrected chi connectivity index (χ4v) is 4.20. The van der Waals surface area contributed by atoms with Crippen molar-refractivity contribution in [1.82, 2.24) is 19.5 Å². The average molecular weight is 588 g/mol. The summed E-state index contributed by atoms with van der Waals surface area (Å²) in [5, 5.41) is 6.78. The first-order valence-corrected chi connectivity index (χ1v) is 13.0. The van der Waals surface area contributed by atoms with Crippen molar-refractivity contribution < 1.29 is 33.3 Å². The number of halogens is 2. The lowest BCUT2D eigenvalue weighted by molar-refractivity contribution is -0.159. The minimum Gasteiger partial charge on any atom is -0.483 e. The first kappa shape index (κ1) is 31.4. The monoisotopic (exact) mass is 587 g/mol. The smallest absolute Gasteiger partial charge is 0.335 e. The highest BCUT2D eigenvalue weighted by Gasteiger charge is 2.26. The number of esters is 1. The van der Waals surface area contributed by atoms with Crippen molar-refractivity contribution in [3.63, 3.8) is 0 Å². The van der Waals surface area contributed by atoms with Gasteiger partial charge in [0.05, 0.1) is 25.6 Å². The molecular formula is C28H31ClFN5O6. The first-order valence-electron chi connectivity index (χ1n) is 12.6. The van der Waals surface area contributed by atoms with E-state index in [1.165, 1.54) is 18.0 Å². The summed E-state index contributed by atoms with van der Waals surface area (Å²) in [6, 6.07) is 17.9. The summed E-state index contributed by atoms with van der Waals surface area (Å²) >= 11 is 5.88. The number of carbonyl (C=O) groups is 2. The molecule has 0 aliphatic heterocycles. The number of benzene rings is 2. The summed E-state index contributed by atoms with van der Waals surface area (Å²) in [6.45, 7) is 1.66. The Morgan fingerprint density at radius 1 is 1.15 bits per heavy atom. The van der Waals surface area contributed by atoms with E-state index in [0.29, 0.717) is 6.42 Å². The van der Waals surface area contributed by atoms with Gasteiger partial charge in [-0.15, -0.1) is 0 Å². The van der Waals surface area contributed by atoms with Crippen LogP contribution in [0.5, 0.6) is 0 Å². The van der Waals surface area contributed by atoms with Crippen LogP contribution in [0.2, 0.25) is 5.28 Å². The van der Waals surface area contributed by atoms with E-state index >= 15 is 4.39 Å². The molecule has 2 heterocycles. The van der Waals surface area contributed by atoms with Gasteiger partial charge in [-0.2, -0.15) is 9.97 Å². The molecule has 0 fully saturated rings. The van der Waals surface area contributed by atoms with E-state index in [-0.39, 0.29) is 48.4 Å². The maximum atomic E-state index is 15.3. The zero-order valence-electron chi connectivity index (χ0n) is 22.5. The second kappa shape index (κ2) is 15.6.